The number of benzene rings is 1. The highest BCUT2D eigenvalue weighted by molar-refractivity contribution is 7.89. The number of hydrogen-bond donors (Lipinski definition) is 1. The van der Waals surface area contributed by atoms with Crippen LogP contribution in [0.1, 0.15) is 29.0 Å². The van der Waals surface area contributed by atoms with Crippen molar-refractivity contribution in [3.63, 3.8) is 0 Å². The first-order valence-corrected chi connectivity index (χ1v) is 10.1. The molecule has 1 aliphatic heterocycles. The molecule has 1 N–H and O–H groups in total. The monoisotopic (exact) mass is 416 g/mol. The Kier molecular flexibility index (Phi) is 5.80. The van der Waals surface area contributed by atoms with E-state index in [1.807, 2.05) is 0 Å². The summed E-state index contributed by atoms with van der Waals surface area (Å²) in [6, 6.07) is 8.37. The SMILES string of the molecule is O=C(c1ccc(S(=O)(=O)NCc2ccco2)cc1)N1CCC[C@@H](C(F)(F)F)C1. The third kappa shape index (κ3) is 4.74. The molecule has 0 radical (unpaired) electrons. The number of nitrogens with zero attached hydrogens (tertiary/aromatic N) is 1. The molecule has 10 heteroatoms. The van der Waals surface area contributed by atoms with Crippen molar-refractivity contribution in [1.29, 1.82) is 0 Å². The van der Waals surface area contributed by atoms with E-state index in [9.17, 15) is 26.4 Å². The topological polar surface area (TPSA) is 79.6 Å². The van der Waals surface area contributed by atoms with E-state index >= 15 is 0 Å². The lowest BCUT2D eigenvalue weighted by molar-refractivity contribution is -0.184. The summed E-state index contributed by atoms with van der Waals surface area (Å²) in [5.41, 5.74) is 0.146. The van der Waals surface area contributed by atoms with Gasteiger partial charge in [0.05, 0.1) is 23.6 Å². The van der Waals surface area contributed by atoms with Crippen LogP contribution in [-0.2, 0) is 16.6 Å². The van der Waals surface area contributed by atoms with Crippen molar-refractivity contribution < 1.29 is 30.8 Å². The molecule has 6 nitrogen and oxygen atoms in total. The minimum absolute atomic E-state index is 0.00575. The molecule has 3 rings (SSSR count). The van der Waals surface area contributed by atoms with Gasteiger partial charge in [-0.05, 0) is 49.2 Å². The molecule has 1 atom stereocenters. The summed E-state index contributed by atoms with van der Waals surface area (Å²) in [5, 5.41) is 0. The predicted molar refractivity (Wildman–Crippen MR) is 93.9 cm³/mol. The highest BCUT2D eigenvalue weighted by atomic mass is 32.2. The van der Waals surface area contributed by atoms with E-state index in [1.54, 1.807) is 12.1 Å². The molecule has 0 spiro atoms. The fourth-order valence-corrected chi connectivity index (χ4v) is 4.04. The van der Waals surface area contributed by atoms with Crippen LogP contribution >= 0.6 is 0 Å². The van der Waals surface area contributed by atoms with Gasteiger partial charge in [0.25, 0.3) is 5.91 Å². The molecule has 1 aromatic carbocycles. The summed E-state index contributed by atoms with van der Waals surface area (Å²) in [7, 11) is -3.82. The maximum Gasteiger partial charge on any atom is 0.393 e. The molecule has 152 valence electrons. The minimum atomic E-state index is -4.34. The lowest BCUT2D eigenvalue weighted by Crippen LogP contribution is -2.44. The number of rotatable bonds is 5. The fraction of sp³-hybridized carbons (Fsp3) is 0.389. The maximum atomic E-state index is 12.9. The van der Waals surface area contributed by atoms with Gasteiger partial charge in [0.1, 0.15) is 5.76 Å². The molecule has 1 aliphatic rings. The Bertz CT molecular complexity index is 909. The van der Waals surface area contributed by atoms with Crippen molar-refractivity contribution >= 4 is 15.9 Å². The highest BCUT2D eigenvalue weighted by Crippen LogP contribution is 2.33. The summed E-state index contributed by atoms with van der Waals surface area (Å²) in [5.74, 6) is -1.63. The standard InChI is InChI=1S/C18H19F3N2O4S/c19-18(20,21)14-3-1-9-23(12-14)17(24)13-5-7-16(8-6-13)28(25,26)22-11-15-4-2-10-27-15/h2,4-8,10,14,22H,1,3,9,11-12H2/t14-/m1/s1. The zero-order chi connectivity index (χ0) is 20.4. The zero-order valence-corrected chi connectivity index (χ0v) is 15.6. The molecule has 2 aromatic rings. The number of piperidine rings is 1. The number of furan rings is 1. The average molecular weight is 416 g/mol. The van der Waals surface area contributed by atoms with Crippen LogP contribution in [0.5, 0.6) is 0 Å². The van der Waals surface area contributed by atoms with Gasteiger partial charge in [-0.15, -0.1) is 0 Å². The molecule has 0 aliphatic carbocycles. The number of halogens is 3. The number of alkyl halides is 3. The Balaban J connectivity index is 1.67. The summed E-state index contributed by atoms with van der Waals surface area (Å²) < 4.78 is 70.8. The molecule has 1 fully saturated rings. The van der Waals surface area contributed by atoms with E-state index in [2.05, 4.69) is 4.72 Å². The Morgan fingerprint density at radius 1 is 1.21 bits per heavy atom. The summed E-state index contributed by atoms with van der Waals surface area (Å²) in [6.45, 7) is -0.161. The number of nitrogens with one attached hydrogen (secondary N) is 1. The zero-order valence-electron chi connectivity index (χ0n) is 14.8. The van der Waals surface area contributed by atoms with Gasteiger partial charge in [0, 0.05) is 18.7 Å². The van der Waals surface area contributed by atoms with Crippen LogP contribution < -0.4 is 4.72 Å². The number of carbonyl (C=O) groups excluding carboxylic acids is 1. The van der Waals surface area contributed by atoms with Gasteiger partial charge in [-0.3, -0.25) is 4.79 Å². The quantitative estimate of drug-likeness (QED) is 0.812. The van der Waals surface area contributed by atoms with Gasteiger partial charge in [-0.2, -0.15) is 13.2 Å². The van der Waals surface area contributed by atoms with Crippen molar-refractivity contribution in [3.8, 4) is 0 Å². The van der Waals surface area contributed by atoms with Crippen molar-refractivity contribution in [3.05, 3.63) is 54.0 Å². The fourth-order valence-electron chi connectivity index (χ4n) is 3.05. The van der Waals surface area contributed by atoms with Crippen LogP contribution in [0.3, 0.4) is 0 Å². The Hall–Kier alpha value is -2.33. The first kappa shape index (κ1) is 20.4. The number of sulfonamides is 1. The molecule has 1 amide bonds. The largest absolute Gasteiger partial charge is 0.468 e. The molecular formula is C18H19F3N2O4S. The molecule has 0 saturated carbocycles. The van der Waals surface area contributed by atoms with Crippen LogP contribution in [-0.4, -0.2) is 38.5 Å². The van der Waals surface area contributed by atoms with E-state index in [0.29, 0.717) is 5.76 Å². The van der Waals surface area contributed by atoms with Gasteiger partial charge in [0.2, 0.25) is 10.0 Å². The summed E-state index contributed by atoms with van der Waals surface area (Å²) >= 11 is 0. The van der Waals surface area contributed by atoms with E-state index < -0.39 is 28.0 Å². The van der Waals surface area contributed by atoms with Gasteiger partial charge < -0.3 is 9.32 Å². The van der Waals surface area contributed by atoms with Crippen molar-refractivity contribution in [1.82, 2.24) is 9.62 Å². The minimum Gasteiger partial charge on any atom is -0.468 e. The second-order valence-electron chi connectivity index (χ2n) is 6.56. The van der Waals surface area contributed by atoms with Gasteiger partial charge >= 0.3 is 6.18 Å². The first-order valence-electron chi connectivity index (χ1n) is 8.65. The van der Waals surface area contributed by atoms with Gasteiger partial charge in [0.15, 0.2) is 0 Å². The van der Waals surface area contributed by atoms with Crippen LogP contribution in [0.4, 0.5) is 13.2 Å². The van der Waals surface area contributed by atoms with Crippen LogP contribution in [0.15, 0.2) is 52.0 Å². The lowest BCUT2D eigenvalue weighted by atomic mass is 9.97. The number of likely N-dealkylation sites (tertiary alicyclic amines) is 1. The molecule has 0 unspecified atom stereocenters. The van der Waals surface area contributed by atoms with E-state index in [4.69, 9.17) is 4.42 Å². The Labute approximate surface area is 160 Å². The molecule has 28 heavy (non-hydrogen) atoms. The van der Waals surface area contributed by atoms with E-state index in [1.165, 1.54) is 35.4 Å². The number of carbonyl (C=O) groups is 1. The summed E-state index contributed by atoms with van der Waals surface area (Å²) in [6.07, 6.45) is -2.63. The molecule has 0 bridgehead atoms. The third-order valence-electron chi connectivity index (χ3n) is 4.60. The summed E-state index contributed by atoms with van der Waals surface area (Å²) in [4.78, 5) is 13.6. The highest BCUT2D eigenvalue weighted by Gasteiger charge is 2.42. The smallest absolute Gasteiger partial charge is 0.393 e. The van der Waals surface area contributed by atoms with Crippen LogP contribution in [0.2, 0.25) is 0 Å². The molecular weight excluding hydrogens is 397 g/mol. The molecule has 1 aromatic heterocycles. The van der Waals surface area contributed by atoms with Crippen molar-refractivity contribution in [2.24, 2.45) is 5.92 Å². The normalized spacial score (nSPS) is 18.2. The van der Waals surface area contributed by atoms with Gasteiger partial charge in [-0.1, -0.05) is 0 Å². The Morgan fingerprint density at radius 2 is 1.93 bits per heavy atom. The maximum absolute atomic E-state index is 12.9. The van der Waals surface area contributed by atoms with E-state index in [-0.39, 0.29) is 42.9 Å². The molecule has 2 heterocycles. The average Bonchev–Trinajstić information content (AvgIpc) is 3.19. The Morgan fingerprint density at radius 3 is 2.54 bits per heavy atom. The van der Waals surface area contributed by atoms with Crippen molar-refractivity contribution in [2.75, 3.05) is 13.1 Å². The van der Waals surface area contributed by atoms with Crippen LogP contribution in [0, 0.1) is 5.92 Å². The van der Waals surface area contributed by atoms with Crippen molar-refractivity contribution in [2.45, 2.75) is 30.5 Å². The molecule has 1 saturated heterocycles. The van der Waals surface area contributed by atoms with Gasteiger partial charge in [-0.25, -0.2) is 13.1 Å². The number of amides is 1. The lowest BCUT2D eigenvalue weighted by Gasteiger charge is -2.33. The third-order valence-corrected chi connectivity index (χ3v) is 6.02. The van der Waals surface area contributed by atoms with Crippen LogP contribution in [0.25, 0.3) is 0 Å². The second-order valence-corrected chi connectivity index (χ2v) is 8.33. The number of hydrogen-bond acceptors (Lipinski definition) is 4. The predicted octanol–water partition coefficient (Wildman–Crippen LogP) is 3.17. The first-order chi connectivity index (χ1) is 13.2. The van der Waals surface area contributed by atoms with E-state index in [0.717, 1.165) is 0 Å². The second kappa shape index (κ2) is 7.96.